The molecule has 1 aromatic carbocycles. The van der Waals surface area contributed by atoms with Gasteiger partial charge in [0.25, 0.3) is 0 Å². The SMILES string of the molecule is CC(=O)OCCN(CCOC(C)=O)c1ccc(N=Nc2sc(C)cc2[N+](=O)[O-])cc1.II. The van der Waals surface area contributed by atoms with Gasteiger partial charge in [-0.15, -0.1) is 21.6 Å². The molecule has 2 aromatic rings. The van der Waals surface area contributed by atoms with Gasteiger partial charge in [0.05, 0.1) is 23.7 Å². The number of nitrogens with zero attached hydrogens (tertiary/aromatic N) is 4. The van der Waals surface area contributed by atoms with Crippen molar-refractivity contribution in [3.05, 3.63) is 45.3 Å². The minimum Gasteiger partial charge on any atom is -0.464 e. The number of carbonyl (C=O) groups excluding carboxylic acids is 2. The van der Waals surface area contributed by atoms with Gasteiger partial charge in [0.2, 0.25) is 5.00 Å². The summed E-state index contributed by atoms with van der Waals surface area (Å²) in [5.41, 5.74) is 1.27. The molecule has 2 rings (SSSR count). The molecule has 0 saturated carbocycles. The van der Waals surface area contributed by atoms with Crippen molar-refractivity contribution in [2.75, 3.05) is 31.2 Å². The smallest absolute Gasteiger partial charge is 0.308 e. The maximum atomic E-state index is 11.1. The Labute approximate surface area is 212 Å². The molecule has 0 fully saturated rings. The van der Waals surface area contributed by atoms with Gasteiger partial charge in [-0.3, -0.25) is 19.7 Å². The van der Waals surface area contributed by atoms with Crippen molar-refractivity contribution in [3.63, 3.8) is 0 Å². The normalized spacial score (nSPS) is 10.3. The number of aryl methyl sites for hydroxylation is 1. The van der Waals surface area contributed by atoms with E-state index in [0.717, 1.165) is 10.6 Å². The van der Waals surface area contributed by atoms with Crippen LogP contribution in [0.4, 0.5) is 22.1 Å². The third-order valence-corrected chi connectivity index (χ3v) is 4.74. The second-order valence-corrected chi connectivity index (χ2v) is 7.42. The summed E-state index contributed by atoms with van der Waals surface area (Å²) in [5, 5.41) is 19.4. The fourth-order valence-electron chi connectivity index (χ4n) is 2.49. The number of ether oxygens (including phenoxy) is 2. The van der Waals surface area contributed by atoms with Gasteiger partial charge in [0.15, 0.2) is 0 Å². The van der Waals surface area contributed by atoms with E-state index in [1.807, 2.05) is 4.90 Å². The monoisotopic (exact) mass is 688 g/mol. The van der Waals surface area contributed by atoms with Gasteiger partial charge in [-0.2, -0.15) is 0 Å². The average molecular weight is 688 g/mol. The number of esters is 2. The largest absolute Gasteiger partial charge is 0.464 e. The molecule has 0 amide bonds. The van der Waals surface area contributed by atoms with Gasteiger partial charge in [0.1, 0.15) is 13.2 Å². The molecule has 1 aromatic heterocycles. The summed E-state index contributed by atoms with van der Waals surface area (Å²) >= 11 is 5.44. The number of hydrogen-bond acceptors (Lipinski definition) is 10. The second-order valence-electron chi connectivity index (χ2n) is 6.19. The van der Waals surface area contributed by atoms with Crippen LogP contribution in [0.15, 0.2) is 40.6 Å². The van der Waals surface area contributed by atoms with Gasteiger partial charge in [0, 0.05) is 67.7 Å². The van der Waals surface area contributed by atoms with Gasteiger partial charge < -0.3 is 14.4 Å². The lowest BCUT2D eigenvalue weighted by atomic mass is 10.2. The molecule has 32 heavy (non-hydrogen) atoms. The summed E-state index contributed by atoms with van der Waals surface area (Å²) < 4.78 is 9.98. The Balaban J connectivity index is 0.00000249. The van der Waals surface area contributed by atoms with Crippen LogP contribution < -0.4 is 4.90 Å². The number of benzene rings is 1. The molecule has 0 aliphatic heterocycles. The van der Waals surface area contributed by atoms with E-state index in [0.29, 0.717) is 18.8 Å². The predicted molar refractivity (Wildman–Crippen MR) is 140 cm³/mol. The standard InChI is InChI=1S/C19H22N4O6S.I2/c1-13-12-18(23(26)27)19(30-13)21-20-16-4-6-17(7-5-16)22(8-10-28-14(2)24)9-11-29-15(3)25;1-2/h4-7,12H,8-11H2,1-3H3;. The van der Waals surface area contributed by atoms with E-state index in [-0.39, 0.29) is 35.8 Å². The Morgan fingerprint density at radius 3 is 2.06 bits per heavy atom. The molecule has 174 valence electrons. The molecule has 0 N–H and O–H groups in total. The summed E-state index contributed by atoms with van der Waals surface area (Å²) in [6.07, 6.45) is 0. The van der Waals surface area contributed by atoms with Crippen LogP contribution in [0.3, 0.4) is 0 Å². The number of nitro groups is 1. The third kappa shape index (κ3) is 10.2. The van der Waals surface area contributed by atoms with Crippen molar-refractivity contribution in [2.24, 2.45) is 10.2 Å². The molecule has 0 aliphatic rings. The van der Waals surface area contributed by atoms with Crippen LogP contribution in [0.2, 0.25) is 0 Å². The summed E-state index contributed by atoms with van der Waals surface area (Å²) in [7, 11) is 0. The number of hydrogen-bond donors (Lipinski definition) is 0. The van der Waals surface area contributed by atoms with Crippen LogP contribution in [0.25, 0.3) is 0 Å². The summed E-state index contributed by atoms with van der Waals surface area (Å²) in [6.45, 7) is 5.66. The van der Waals surface area contributed by atoms with Crippen molar-refractivity contribution in [2.45, 2.75) is 20.8 Å². The predicted octanol–water partition coefficient (Wildman–Crippen LogP) is 6.08. The maximum absolute atomic E-state index is 11.1. The highest BCUT2D eigenvalue weighted by Crippen LogP contribution is 2.37. The molecule has 0 unspecified atom stereocenters. The van der Waals surface area contributed by atoms with Crippen molar-refractivity contribution in [1.29, 1.82) is 0 Å². The first-order valence-corrected chi connectivity index (χ1v) is 16.3. The lowest BCUT2D eigenvalue weighted by Crippen LogP contribution is -2.31. The Bertz CT molecular complexity index is 916. The van der Waals surface area contributed by atoms with E-state index < -0.39 is 4.92 Å². The zero-order valence-corrected chi connectivity index (χ0v) is 22.7. The second kappa shape index (κ2) is 15.0. The number of thiophene rings is 1. The Hall–Kier alpha value is -1.88. The summed E-state index contributed by atoms with van der Waals surface area (Å²) in [6, 6.07) is 8.49. The van der Waals surface area contributed by atoms with Crippen LogP contribution in [-0.4, -0.2) is 43.2 Å². The quantitative estimate of drug-likeness (QED) is 0.0975. The zero-order valence-electron chi connectivity index (χ0n) is 17.6. The van der Waals surface area contributed by atoms with Gasteiger partial charge in [-0.1, -0.05) is 0 Å². The highest BCUT2D eigenvalue weighted by molar-refractivity contribution is 15.0. The highest BCUT2D eigenvalue weighted by Gasteiger charge is 2.17. The molecular formula is C19H22I2N4O6S. The van der Waals surface area contributed by atoms with Crippen LogP contribution in [-0.2, 0) is 19.1 Å². The number of halogens is 2. The molecule has 0 spiro atoms. The highest BCUT2D eigenvalue weighted by atomic mass is 128. The fraction of sp³-hybridized carbons (Fsp3) is 0.368. The van der Waals surface area contributed by atoms with E-state index in [9.17, 15) is 19.7 Å². The summed E-state index contributed by atoms with van der Waals surface area (Å²) in [5.74, 6) is -0.743. The first-order valence-electron chi connectivity index (χ1n) is 9.19. The van der Waals surface area contributed by atoms with Gasteiger partial charge in [-0.05, 0) is 31.2 Å². The molecule has 0 saturated heterocycles. The number of anilines is 1. The van der Waals surface area contributed by atoms with E-state index in [2.05, 4.69) is 47.5 Å². The van der Waals surface area contributed by atoms with Crippen LogP contribution in [0.1, 0.15) is 18.7 Å². The van der Waals surface area contributed by atoms with Crippen molar-refractivity contribution >= 4 is 82.6 Å². The number of azo groups is 1. The first kappa shape index (κ1) is 28.2. The van der Waals surface area contributed by atoms with Crippen molar-refractivity contribution in [3.8, 4) is 0 Å². The van der Waals surface area contributed by atoms with Gasteiger partial charge in [-0.25, -0.2) is 0 Å². The molecule has 0 bridgehead atoms. The minimum absolute atomic E-state index is 0.0695. The van der Waals surface area contributed by atoms with E-state index >= 15 is 0 Å². The van der Waals surface area contributed by atoms with Crippen LogP contribution >= 0.6 is 48.6 Å². The molecule has 1 heterocycles. The Morgan fingerprint density at radius 1 is 1.06 bits per heavy atom. The molecular weight excluding hydrogens is 666 g/mol. The zero-order chi connectivity index (χ0) is 24.1. The molecule has 13 heteroatoms. The molecule has 0 aliphatic carbocycles. The average Bonchev–Trinajstić information content (AvgIpc) is 3.13. The molecule has 0 atom stereocenters. The molecule has 10 nitrogen and oxygen atoms in total. The first-order chi connectivity index (χ1) is 15.3. The third-order valence-electron chi connectivity index (χ3n) is 3.82. The topological polar surface area (TPSA) is 124 Å². The lowest BCUT2D eigenvalue weighted by molar-refractivity contribution is -0.383. The van der Waals surface area contributed by atoms with Crippen LogP contribution in [0.5, 0.6) is 0 Å². The van der Waals surface area contributed by atoms with Crippen molar-refractivity contribution in [1.82, 2.24) is 0 Å². The Morgan fingerprint density at radius 2 is 1.59 bits per heavy atom. The summed E-state index contributed by atoms with van der Waals surface area (Å²) in [4.78, 5) is 35.3. The lowest BCUT2D eigenvalue weighted by Gasteiger charge is -2.24. The fourth-order valence-corrected chi connectivity index (χ4v) is 3.29. The van der Waals surface area contributed by atoms with E-state index in [1.54, 1.807) is 31.2 Å². The number of rotatable bonds is 10. The Kier molecular flexibility index (Phi) is 13.2. The van der Waals surface area contributed by atoms with Crippen LogP contribution in [0, 0.1) is 17.0 Å². The van der Waals surface area contributed by atoms with E-state index in [4.69, 9.17) is 9.47 Å². The van der Waals surface area contributed by atoms with Gasteiger partial charge >= 0.3 is 17.6 Å². The number of carbonyl (C=O) groups is 2. The van der Waals surface area contributed by atoms with E-state index in [1.165, 1.54) is 31.3 Å². The maximum Gasteiger partial charge on any atom is 0.308 e. The minimum atomic E-state index is -0.481. The molecule has 0 radical (unpaired) electrons. The van der Waals surface area contributed by atoms with Crippen molar-refractivity contribution < 1.29 is 24.0 Å².